The molecule has 1 aromatic heterocycles. The van der Waals surface area contributed by atoms with Crippen LogP contribution in [0.25, 0.3) is 11.0 Å². The van der Waals surface area contributed by atoms with Crippen molar-refractivity contribution in [2.24, 2.45) is 5.10 Å². The highest BCUT2D eigenvalue weighted by Gasteiger charge is 2.14. The number of carbonyl (C=O) groups is 1. The molecule has 0 atom stereocenters. The summed E-state index contributed by atoms with van der Waals surface area (Å²) in [5.41, 5.74) is 5.78. The van der Waals surface area contributed by atoms with E-state index >= 15 is 0 Å². The van der Waals surface area contributed by atoms with Gasteiger partial charge in [0.15, 0.2) is 5.16 Å². The molecule has 2 N–H and O–H groups in total. The second-order valence-corrected chi connectivity index (χ2v) is 9.11. The fraction of sp³-hybridized carbons (Fsp3) is 0.0870. The van der Waals surface area contributed by atoms with Crippen molar-refractivity contribution in [3.63, 3.8) is 0 Å². The Labute approximate surface area is 202 Å². The highest BCUT2D eigenvalue weighted by atomic mass is 79.9. The molecule has 9 heteroatoms. The third-order valence-electron chi connectivity index (χ3n) is 4.62. The van der Waals surface area contributed by atoms with Crippen molar-refractivity contribution < 1.29 is 9.90 Å². The highest BCUT2D eigenvalue weighted by molar-refractivity contribution is 9.10. The van der Waals surface area contributed by atoms with Gasteiger partial charge in [-0.05, 0) is 42.0 Å². The SMILES string of the molecule is O=C(CSc1nc2ccccc2n1Cc1ccccc1Cl)N/N=C/c1cc(Br)ccc1O. The van der Waals surface area contributed by atoms with Crippen molar-refractivity contribution >= 4 is 62.4 Å². The monoisotopic (exact) mass is 528 g/mol. The average Bonchev–Trinajstić information content (AvgIpc) is 3.13. The second kappa shape index (κ2) is 10.2. The lowest BCUT2D eigenvalue weighted by atomic mass is 10.2. The molecule has 4 rings (SSSR count). The van der Waals surface area contributed by atoms with Gasteiger partial charge in [-0.25, -0.2) is 10.4 Å². The first-order valence-corrected chi connectivity index (χ1v) is 11.8. The summed E-state index contributed by atoms with van der Waals surface area (Å²) in [4.78, 5) is 17.0. The number of hydrazone groups is 1. The van der Waals surface area contributed by atoms with Crippen LogP contribution in [0.4, 0.5) is 0 Å². The summed E-state index contributed by atoms with van der Waals surface area (Å²) in [6.45, 7) is 0.546. The Balaban J connectivity index is 1.47. The van der Waals surface area contributed by atoms with E-state index in [0.29, 0.717) is 17.1 Å². The van der Waals surface area contributed by atoms with Gasteiger partial charge in [-0.3, -0.25) is 4.79 Å². The standard InChI is InChI=1S/C23H18BrClN4O2S/c24-17-9-10-21(30)16(11-17)12-26-28-22(31)14-32-23-27-19-7-3-4-8-20(19)29(23)13-15-5-1-2-6-18(15)25/h1-12,30H,13-14H2,(H,28,31)/b26-12+. The summed E-state index contributed by atoms with van der Waals surface area (Å²) in [6, 6.07) is 20.5. The number of phenolic OH excluding ortho intramolecular Hbond substituents is 1. The first-order valence-electron chi connectivity index (χ1n) is 9.63. The Kier molecular flexibility index (Phi) is 7.14. The van der Waals surface area contributed by atoms with Gasteiger partial charge < -0.3 is 9.67 Å². The average molecular weight is 530 g/mol. The van der Waals surface area contributed by atoms with Gasteiger partial charge in [0.1, 0.15) is 5.75 Å². The van der Waals surface area contributed by atoms with Crippen LogP contribution >= 0.6 is 39.3 Å². The van der Waals surface area contributed by atoms with Crippen LogP contribution in [0.2, 0.25) is 5.02 Å². The van der Waals surface area contributed by atoms with Crippen molar-refractivity contribution in [1.29, 1.82) is 0 Å². The Morgan fingerprint density at radius 2 is 1.97 bits per heavy atom. The second-order valence-electron chi connectivity index (χ2n) is 6.85. The third-order valence-corrected chi connectivity index (χ3v) is 6.46. The van der Waals surface area contributed by atoms with E-state index in [1.54, 1.807) is 18.2 Å². The lowest BCUT2D eigenvalue weighted by Crippen LogP contribution is -2.20. The summed E-state index contributed by atoms with van der Waals surface area (Å²) in [7, 11) is 0. The zero-order valence-electron chi connectivity index (χ0n) is 16.7. The van der Waals surface area contributed by atoms with Crippen LogP contribution in [0, 0.1) is 0 Å². The van der Waals surface area contributed by atoms with E-state index < -0.39 is 0 Å². The van der Waals surface area contributed by atoms with Crippen LogP contribution in [0.5, 0.6) is 5.75 Å². The fourth-order valence-corrected chi connectivity index (χ4v) is 4.46. The van der Waals surface area contributed by atoms with Crippen LogP contribution in [0.3, 0.4) is 0 Å². The topological polar surface area (TPSA) is 79.5 Å². The van der Waals surface area contributed by atoms with Crippen LogP contribution < -0.4 is 5.43 Å². The van der Waals surface area contributed by atoms with E-state index in [1.165, 1.54) is 18.0 Å². The van der Waals surface area contributed by atoms with E-state index in [-0.39, 0.29) is 17.4 Å². The Morgan fingerprint density at radius 1 is 1.19 bits per heavy atom. The van der Waals surface area contributed by atoms with Crippen molar-refractivity contribution in [1.82, 2.24) is 15.0 Å². The summed E-state index contributed by atoms with van der Waals surface area (Å²) in [6.07, 6.45) is 1.40. The van der Waals surface area contributed by atoms with Gasteiger partial charge in [-0.1, -0.05) is 69.6 Å². The molecule has 0 radical (unpaired) electrons. The first kappa shape index (κ1) is 22.4. The maximum absolute atomic E-state index is 12.3. The number of rotatable bonds is 7. The van der Waals surface area contributed by atoms with Crippen molar-refractivity contribution in [2.45, 2.75) is 11.7 Å². The molecule has 0 fully saturated rings. The molecule has 32 heavy (non-hydrogen) atoms. The molecule has 0 bridgehead atoms. The predicted octanol–water partition coefficient (Wildman–Crippen LogP) is 5.45. The number of para-hydroxylation sites is 2. The van der Waals surface area contributed by atoms with Crippen LogP contribution in [-0.4, -0.2) is 32.5 Å². The highest BCUT2D eigenvalue weighted by Crippen LogP contribution is 2.27. The molecule has 162 valence electrons. The molecule has 3 aromatic carbocycles. The minimum atomic E-state index is -0.280. The van der Waals surface area contributed by atoms with Gasteiger partial charge in [0.2, 0.25) is 0 Å². The van der Waals surface area contributed by atoms with Gasteiger partial charge in [-0.15, -0.1) is 0 Å². The molecule has 0 saturated heterocycles. The maximum Gasteiger partial charge on any atom is 0.250 e. The smallest absolute Gasteiger partial charge is 0.250 e. The Morgan fingerprint density at radius 3 is 2.81 bits per heavy atom. The minimum Gasteiger partial charge on any atom is -0.507 e. The number of hydrogen-bond acceptors (Lipinski definition) is 5. The number of fused-ring (bicyclic) bond motifs is 1. The number of aromatic hydroxyl groups is 1. The first-order chi connectivity index (χ1) is 15.5. The summed E-state index contributed by atoms with van der Waals surface area (Å²) >= 11 is 11.0. The molecule has 0 spiro atoms. The molecule has 1 amide bonds. The number of nitrogens with one attached hydrogen (secondary N) is 1. The number of hydrogen-bond donors (Lipinski definition) is 2. The minimum absolute atomic E-state index is 0.0777. The largest absolute Gasteiger partial charge is 0.507 e. The molecule has 0 aliphatic rings. The molecule has 0 saturated carbocycles. The lowest BCUT2D eigenvalue weighted by molar-refractivity contribution is -0.118. The van der Waals surface area contributed by atoms with Gasteiger partial charge in [0.25, 0.3) is 5.91 Å². The number of imidazole rings is 1. The normalized spacial score (nSPS) is 11.3. The number of halogens is 2. The zero-order valence-corrected chi connectivity index (χ0v) is 19.9. The predicted molar refractivity (Wildman–Crippen MR) is 133 cm³/mol. The van der Waals surface area contributed by atoms with Crippen LogP contribution in [0.1, 0.15) is 11.1 Å². The van der Waals surface area contributed by atoms with E-state index in [2.05, 4.69) is 36.0 Å². The van der Waals surface area contributed by atoms with E-state index in [4.69, 9.17) is 11.6 Å². The van der Waals surface area contributed by atoms with E-state index in [9.17, 15) is 9.90 Å². The van der Waals surface area contributed by atoms with Crippen LogP contribution in [0.15, 0.2) is 81.5 Å². The van der Waals surface area contributed by atoms with E-state index in [1.807, 2.05) is 48.5 Å². The number of amides is 1. The van der Waals surface area contributed by atoms with Crippen molar-refractivity contribution in [3.8, 4) is 5.75 Å². The third kappa shape index (κ3) is 5.32. The van der Waals surface area contributed by atoms with Crippen LogP contribution in [-0.2, 0) is 11.3 Å². The van der Waals surface area contributed by atoms with Gasteiger partial charge in [0, 0.05) is 15.1 Å². The molecule has 0 aliphatic heterocycles. The summed E-state index contributed by atoms with van der Waals surface area (Å²) in [5.74, 6) is -0.0702. The Hall–Kier alpha value is -2.81. The molecular weight excluding hydrogens is 512 g/mol. The van der Waals surface area contributed by atoms with E-state index in [0.717, 1.165) is 26.2 Å². The van der Waals surface area contributed by atoms with Gasteiger partial charge in [0.05, 0.1) is 29.5 Å². The quantitative estimate of drug-likeness (QED) is 0.190. The number of benzene rings is 3. The summed E-state index contributed by atoms with van der Waals surface area (Å²) < 4.78 is 2.85. The lowest BCUT2D eigenvalue weighted by Gasteiger charge is -2.10. The molecule has 1 heterocycles. The molecular formula is C23H18BrClN4O2S. The summed E-state index contributed by atoms with van der Waals surface area (Å²) in [5, 5.41) is 15.2. The number of aromatic nitrogens is 2. The number of phenols is 1. The molecule has 0 aliphatic carbocycles. The van der Waals surface area contributed by atoms with Gasteiger partial charge in [-0.2, -0.15) is 5.10 Å². The molecule has 6 nitrogen and oxygen atoms in total. The van der Waals surface area contributed by atoms with Gasteiger partial charge >= 0.3 is 0 Å². The van der Waals surface area contributed by atoms with Crippen molar-refractivity contribution in [2.75, 3.05) is 5.75 Å². The Bertz CT molecular complexity index is 1310. The van der Waals surface area contributed by atoms with Crippen molar-refractivity contribution in [3.05, 3.63) is 87.4 Å². The fourth-order valence-electron chi connectivity index (χ4n) is 3.08. The number of carbonyl (C=O) groups excluding carboxylic acids is 1. The zero-order chi connectivity index (χ0) is 22.5. The maximum atomic E-state index is 12.3. The molecule has 4 aromatic rings. The molecule has 0 unspecified atom stereocenters. The number of thioether (sulfide) groups is 1. The number of nitrogens with zero attached hydrogens (tertiary/aromatic N) is 3.